The number of hydrogen-bond donors (Lipinski definition) is 0. The molecule has 1 aromatic carbocycles. The van der Waals surface area contributed by atoms with Crippen LogP contribution in [0.25, 0.3) is 0 Å². The first-order chi connectivity index (χ1) is 7.29. The van der Waals surface area contributed by atoms with Gasteiger partial charge in [0.2, 0.25) is 0 Å². The van der Waals surface area contributed by atoms with Crippen molar-refractivity contribution in [1.82, 2.24) is 0 Å². The van der Waals surface area contributed by atoms with Crippen LogP contribution in [0.4, 0.5) is 5.69 Å². The van der Waals surface area contributed by atoms with Crippen molar-refractivity contribution in [2.75, 3.05) is 11.9 Å². The minimum Gasteiger partial charge on any atom is -0.345 e. The van der Waals surface area contributed by atoms with Crippen LogP contribution in [0.3, 0.4) is 0 Å². The molecule has 1 heteroatoms. The lowest BCUT2D eigenvalue weighted by Gasteiger charge is -2.22. The van der Waals surface area contributed by atoms with Gasteiger partial charge >= 0.3 is 0 Å². The summed E-state index contributed by atoms with van der Waals surface area (Å²) in [6, 6.07) is 10.4. The second-order valence-electron chi connectivity index (χ2n) is 3.96. The predicted octanol–water partition coefficient (Wildman–Crippen LogP) is 3.75. The van der Waals surface area contributed by atoms with E-state index in [2.05, 4.69) is 48.9 Å². The summed E-state index contributed by atoms with van der Waals surface area (Å²) in [6.45, 7) is 4.17. The zero-order valence-corrected chi connectivity index (χ0v) is 9.24. The fourth-order valence-electron chi connectivity index (χ4n) is 1.96. The van der Waals surface area contributed by atoms with E-state index in [1.54, 1.807) is 0 Å². The zero-order chi connectivity index (χ0) is 10.7. The van der Waals surface area contributed by atoms with E-state index in [4.69, 9.17) is 0 Å². The van der Waals surface area contributed by atoms with Gasteiger partial charge in [0, 0.05) is 18.4 Å². The number of benzene rings is 1. The molecular weight excluding hydrogens is 182 g/mol. The van der Waals surface area contributed by atoms with Crippen molar-refractivity contribution in [3.8, 4) is 0 Å². The summed E-state index contributed by atoms with van der Waals surface area (Å²) in [7, 11) is 2.08. The number of nitrogens with zero attached hydrogens (tertiary/aromatic N) is 1. The lowest BCUT2D eigenvalue weighted by atomic mass is 10.1. The number of anilines is 1. The van der Waals surface area contributed by atoms with E-state index in [0.29, 0.717) is 0 Å². The smallest absolute Gasteiger partial charge is 0.0407 e. The Balaban J connectivity index is 2.14. The average molecular weight is 199 g/mol. The fourth-order valence-corrected chi connectivity index (χ4v) is 1.96. The average Bonchev–Trinajstić information content (AvgIpc) is 2.82. The molecule has 0 spiro atoms. The zero-order valence-electron chi connectivity index (χ0n) is 9.24. The highest BCUT2D eigenvalue weighted by Crippen LogP contribution is 2.28. The Labute approximate surface area is 91.7 Å². The van der Waals surface area contributed by atoms with Gasteiger partial charge in [-0.1, -0.05) is 30.9 Å². The molecule has 0 saturated heterocycles. The summed E-state index contributed by atoms with van der Waals surface area (Å²) in [6.07, 6.45) is 5.96. The third-order valence-corrected chi connectivity index (χ3v) is 2.96. The number of para-hydroxylation sites is 1. The number of hydrogen-bond acceptors (Lipinski definition) is 1. The van der Waals surface area contributed by atoms with Crippen molar-refractivity contribution in [1.29, 1.82) is 0 Å². The quantitative estimate of drug-likeness (QED) is 0.716. The molecule has 0 amide bonds. The summed E-state index contributed by atoms with van der Waals surface area (Å²) >= 11 is 0. The van der Waals surface area contributed by atoms with Crippen LogP contribution in [0.15, 0.2) is 54.3 Å². The Morgan fingerprint density at radius 3 is 2.60 bits per heavy atom. The molecule has 0 aliphatic heterocycles. The van der Waals surface area contributed by atoms with E-state index in [9.17, 15) is 0 Å². The van der Waals surface area contributed by atoms with Crippen LogP contribution >= 0.6 is 0 Å². The third kappa shape index (κ3) is 2.12. The molecule has 0 saturated carbocycles. The van der Waals surface area contributed by atoms with Crippen molar-refractivity contribution < 1.29 is 0 Å². The highest BCUT2D eigenvalue weighted by Gasteiger charge is 2.12. The predicted molar refractivity (Wildman–Crippen MR) is 65.9 cm³/mol. The van der Waals surface area contributed by atoms with Crippen LogP contribution in [0.5, 0.6) is 0 Å². The van der Waals surface area contributed by atoms with Crippen LogP contribution in [0.1, 0.15) is 19.3 Å². The second kappa shape index (κ2) is 4.35. The van der Waals surface area contributed by atoms with Gasteiger partial charge in [0.25, 0.3) is 0 Å². The Hall–Kier alpha value is -1.50. The van der Waals surface area contributed by atoms with E-state index in [1.165, 1.54) is 30.5 Å². The van der Waals surface area contributed by atoms with E-state index in [-0.39, 0.29) is 0 Å². The molecule has 1 aromatic rings. The minimum absolute atomic E-state index is 1.14. The van der Waals surface area contributed by atoms with Crippen LogP contribution < -0.4 is 4.90 Å². The van der Waals surface area contributed by atoms with Crippen molar-refractivity contribution in [2.45, 2.75) is 19.3 Å². The third-order valence-electron chi connectivity index (χ3n) is 2.96. The first kappa shape index (κ1) is 10.0. The number of likely N-dealkylation sites (N-methyl/N-ethyl adjacent to an activating group) is 1. The van der Waals surface area contributed by atoms with Gasteiger partial charge in [-0.2, -0.15) is 0 Å². The standard InChI is InChI=1S/C14H17N/c1-12(13-8-6-7-9-13)15(2)14-10-4-3-5-11-14/h3-5,8,10-11H,1,6-7,9H2,2H3. The molecule has 78 valence electrons. The Bertz CT molecular complexity index is 376. The Morgan fingerprint density at radius 1 is 1.27 bits per heavy atom. The molecule has 0 unspecified atom stereocenters. The van der Waals surface area contributed by atoms with Gasteiger partial charge in [-0.3, -0.25) is 0 Å². The lowest BCUT2D eigenvalue weighted by molar-refractivity contribution is 0.902. The molecule has 0 heterocycles. The highest BCUT2D eigenvalue weighted by molar-refractivity contribution is 5.55. The fraction of sp³-hybridized carbons (Fsp3) is 0.286. The normalized spacial score (nSPS) is 14.9. The topological polar surface area (TPSA) is 3.24 Å². The maximum atomic E-state index is 4.17. The second-order valence-corrected chi connectivity index (χ2v) is 3.96. The van der Waals surface area contributed by atoms with Crippen LogP contribution in [-0.2, 0) is 0 Å². The van der Waals surface area contributed by atoms with Gasteiger partial charge in [0.05, 0.1) is 0 Å². The summed E-state index contributed by atoms with van der Waals surface area (Å²) in [5.41, 5.74) is 3.75. The monoisotopic (exact) mass is 199 g/mol. The van der Waals surface area contributed by atoms with E-state index in [1.807, 2.05) is 6.07 Å². The van der Waals surface area contributed by atoms with Crippen LogP contribution in [0, 0.1) is 0 Å². The highest BCUT2D eigenvalue weighted by atomic mass is 15.1. The van der Waals surface area contributed by atoms with Gasteiger partial charge in [-0.25, -0.2) is 0 Å². The van der Waals surface area contributed by atoms with E-state index < -0.39 is 0 Å². The molecule has 15 heavy (non-hydrogen) atoms. The molecule has 1 nitrogen and oxygen atoms in total. The summed E-state index contributed by atoms with van der Waals surface area (Å²) < 4.78 is 0. The SMILES string of the molecule is C=C(C1=CCCC1)N(C)c1ccccc1. The maximum absolute atomic E-state index is 4.17. The summed E-state index contributed by atoms with van der Waals surface area (Å²) in [5, 5.41) is 0. The minimum atomic E-state index is 1.14. The van der Waals surface area contributed by atoms with Crippen molar-refractivity contribution in [3.05, 3.63) is 54.3 Å². The summed E-state index contributed by atoms with van der Waals surface area (Å²) in [5.74, 6) is 0. The first-order valence-corrected chi connectivity index (χ1v) is 5.46. The lowest BCUT2D eigenvalue weighted by Crippen LogP contribution is -2.16. The van der Waals surface area contributed by atoms with Gasteiger partial charge in [0.1, 0.15) is 0 Å². The number of allylic oxidation sites excluding steroid dienone is 2. The maximum Gasteiger partial charge on any atom is 0.0407 e. The van der Waals surface area contributed by atoms with Crippen molar-refractivity contribution >= 4 is 5.69 Å². The van der Waals surface area contributed by atoms with Gasteiger partial charge in [-0.05, 0) is 37.0 Å². The van der Waals surface area contributed by atoms with Gasteiger partial charge < -0.3 is 4.90 Å². The van der Waals surface area contributed by atoms with Crippen LogP contribution in [-0.4, -0.2) is 7.05 Å². The van der Waals surface area contributed by atoms with E-state index >= 15 is 0 Å². The largest absolute Gasteiger partial charge is 0.345 e. The Kier molecular flexibility index (Phi) is 2.91. The molecule has 0 atom stereocenters. The first-order valence-electron chi connectivity index (χ1n) is 5.46. The molecule has 2 rings (SSSR count). The van der Waals surface area contributed by atoms with Gasteiger partial charge in [-0.15, -0.1) is 0 Å². The van der Waals surface area contributed by atoms with Crippen LogP contribution in [0.2, 0.25) is 0 Å². The molecule has 1 aliphatic rings. The molecule has 1 aliphatic carbocycles. The van der Waals surface area contributed by atoms with Crippen molar-refractivity contribution in [3.63, 3.8) is 0 Å². The summed E-state index contributed by atoms with van der Waals surface area (Å²) in [4.78, 5) is 2.16. The molecule has 0 fully saturated rings. The van der Waals surface area contributed by atoms with Crippen molar-refractivity contribution in [2.24, 2.45) is 0 Å². The molecule has 0 bridgehead atoms. The molecular formula is C14H17N. The molecule has 0 N–H and O–H groups in total. The molecule has 0 radical (unpaired) electrons. The van der Waals surface area contributed by atoms with E-state index in [0.717, 1.165) is 5.70 Å². The van der Waals surface area contributed by atoms with Gasteiger partial charge in [0.15, 0.2) is 0 Å². The Morgan fingerprint density at radius 2 is 2.00 bits per heavy atom. The number of rotatable bonds is 3. The molecule has 0 aromatic heterocycles.